The Balaban J connectivity index is 1.49. The molecule has 2 atom stereocenters. The molecule has 6 heteroatoms. The fourth-order valence-corrected chi connectivity index (χ4v) is 5.05. The molecule has 2 aliphatic heterocycles. The molecule has 2 saturated heterocycles. The lowest BCUT2D eigenvalue weighted by Gasteiger charge is -2.25. The highest BCUT2D eigenvalue weighted by atomic mass is 16.1. The van der Waals surface area contributed by atoms with Gasteiger partial charge in [0.05, 0.1) is 11.4 Å². The van der Waals surface area contributed by atoms with Crippen molar-refractivity contribution in [2.75, 3.05) is 13.1 Å². The van der Waals surface area contributed by atoms with Crippen LogP contribution in [0.5, 0.6) is 0 Å². The van der Waals surface area contributed by atoms with E-state index >= 15 is 0 Å². The molecule has 0 radical (unpaired) electrons. The Morgan fingerprint density at radius 3 is 2.70 bits per heavy atom. The molecule has 2 fully saturated rings. The van der Waals surface area contributed by atoms with Gasteiger partial charge in [-0.1, -0.05) is 38.1 Å². The van der Waals surface area contributed by atoms with Crippen LogP contribution in [0, 0.1) is 0 Å². The van der Waals surface area contributed by atoms with Crippen molar-refractivity contribution in [2.45, 2.75) is 57.7 Å². The smallest absolute Gasteiger partial charge is 0.234 e. The molecule has 0 aliphatic carbocycles. The zero-order valence-corrected chi connectivity index (χ0v) is 17.7. The molecule has 2 aliphatic rings. The van der Waals surface area contributed by atoms with Crippen molar-refractivity contribution in [2.24, 2.45) is 0 Å². The highest BCUT2D eigenvalue weighted by Gasteiger charge is 2.36. The second-order valence-electron chi connectivity index (χ2n) is 8.93. The number of carbonyl (C=O) groups is 1. The minimum atomic E-state index is 0.334. The molecule has 2 unspecified atom stereocenters. The first-order valence-electron chi connectivity index (χ1n) is 11.0. The number of rotatable bonds is 5. The van der Waals surface area contributed by atoms with Gasteiger partial charge >= 0.3 is 0 Å². The summed E-state index contributed by atoms with van der Waals surface area (Å²) in [5.41, 5.74) is 4.64. The van der Waals surface area contributed by atoms with Crippen molar-refractivity contribution < 1.29 is 4.79 Å². The third-order valence-electron chi connectivity index (χ3n) is 6.77. The second kappa shape index (κ2) is 7.84. The summed E-state index contributed by atoms with van der Waals surface area (Å²) in [6.07, 6.45) is 8.21. The van der Waals surface area contributed by atoms with E-state index in [1.807, 2.05) is 6.07 Å². The van der Waals surface area contributed by atoms with Crippen LogP contribution in [-0.4, -0.2) is 55.8 Å². The third kappa shape index (κ3) is 3.39. The summed E-state index contributed by atoms with van der Waals surface area (Å²) < 4.78 is 2.12. The van der Waals surface area contributed by atoms with Crippen LogP contribution in [0.1, 0.15) is 50.3 Å². The summed E-state index contributed by atoms with van der Waals surface area (Å²) in [4.78, 5) is 25.5. The van der Waals surface area contributed by atoms with Crippen molar-refractivity contribution in [1.82, 2.24) is 24.2 Å². The number of hydrogen-bond donors (Lipinski definition) is 0. The second-order valence-corrected chi connectivity index (χ2v) is 8.93. The first-order chi connectivity index (χ1) is 14.6. The molecule has 6 nitrogen and oxygen atoms in total. The summed E-state index contributed by atoms with van der Waals surface area (Å²) in [6, 6.07) is 11.5. The number of benzene rings is 1. The highest BCUT2D eigenvalue weighted by Crippen LogP contribution is 2.31. The van der Waals surface area contributed by atoms with E-state index in [-0.39, 0.29) is 0 Å². The molecular weight excluding hydrogens is 374 g/mol. The van der Waals surface area contributed by atoms with Gasteiger partial charge < -0.3 is 4.90 Å². The molecule has 4 heterocycles. The molecule has 0 saturated carbocycles. The van der Waals surface area contributed by atoms with Crippen molar-refractivity contribution in [3.05, 3.63) is 54.0 Å². The van der Waals surface area contributed by atoms with E-state index in [0.717, 1.165) is 62.3 Å². The number of aromatic nitrogens is 3. The summed E-state index contributed by atoms with van der Waals surface area (Å²) in [7, 11) is 0. The average Bonchev–Trinajstić information content (AvgIpc) is 3.26. The summed E-state index contributed by atoms with van der Waals surface area (Å²) in [5.74, 6) is 1.25. The predicted molar refractivity (Wildman–Crippen MR) is 117 cm³/mol. The van der Waals surface area contributed by atoms with Crippen molar-refractivity contribution in [1.29, 1.82) is 0 Å². The molecule has 2 bridgehead atoms. The Labute approximate surface area is 177 Å². The van der Waals surface area contributed by atoms with Crippen molar-refractivity contribution >= 4 is 12.2 Å². The molecule has 3 aromatic rings. The van der Waals surface area contributed by atoms with Gasteiger partial charge in [-0.25, -0.2) is 9.97 Å². The van der Waals surface area contributed by atoms with E-state index in [1.54, 1.807) is 6.20 Å². The molecule has 2 aromatic heterocycles. The maximum absolute atomic E-state index is 11.6. The van der Waals surface area contributed by atoms with Gasteiger partial charge in [0.25, 0.3) is 0 Å². The Kier molecular flexibility index (Phi) is 5.03. The SMILES string of the molecule is CC(C)c1ccc(-c2nc3ncccn3c2CN2CCC3CCC(C2)N3C=O)cc1. The van der Waals surface area contributed by atoms with Gasteiger partial charge in [0.15, 0.2) is 0 Å². The van der Waals surface area contributed by atoms with Crippen LogP contribution < -0.4 is 0 Å². The van der Waals surface area contributed by atoms with Crippen molar-refractivity contribution in [3.63, 3.8) is 0 Å². The number of imidazole rings is 1. The first kappa shape index (κ1) is 19.2. The van der Waals surface area contributed by atoms with E-state index in [2.05, 4.69) is 63.5 Å². The Morgan fingerprint density at radius 1 is 1.13 bits per heavy atom. The lowest BCUT2D eigenvalue weighted by atomic mass is 10.00. The Hall–Kier alpha value is -2.73. The molecule has 5 rings (SSSR count). The molecule has 1 amide bonds. The van der Waals surface area contributed by atoms with Crippen LogP contribution in [0.3, 0.4) is 0 Å². The molecule has 156 valence electrons. The molecular formula is C24H29N5O. The number of fused-ring (bicyclic) bond motifs is 3. The monoisotopic (exact) mass is 403 g/mol. The van der Waals surface area contributed by atoms with Gasteiger partial charge in [0, 0.05) is 49.7 Å². The first-order valence-corrected chi connectivity index (χ1v) is 11.0. The van der Waals surface area contributed by atoms with Gasteiger partial charge in [0.1, 0.15) is 0 Å². The standard InChI is InChI=1S/C24H29N5O/c1-17(2)18-4-6-19(7-5-18)23-22(28-12-3-11-25-24(28)26-23)15-27-13-10-20-8-9-21(14-27)29(20)16-30/h3-7,11-12,16-17,20-21H,8-10,13-15H2,1-2H3. The van der Waals surface area contributed by atoms with Gasteiger partial charge in [-0.05, 0) is 36.8 Å². The van der Waals surface area contributed by atoms with E-state index in [4.69, 9.17) is 4.98 Å². The van der Waals surface area contributed by atoms with Crippen LogP contribution in [0.25, 0.3) is 17.0 Å². The van der Waals surface area contributed by atoms with Crippen LogP contribution in [0.15, 0.2) is 42.7 Å². The van der Waals surface area contributed by atoms with Crippen molar-refractivity contribution in [3.8, 4) is 11.3 Å². The number of hydrogen-bond acceptors (Lipinski definition) is 4. The fourth-order valence-electron chi connectivity index (χ4n) is 5.05. The lowest BCUT2D eigenvalue weighted by Crippen LogP contribution is -2.38. The quantitative estimate of drug-likeness (QED) is 0.610. The van der Waals surface area contributed by atoms with Gasteiger partial charge in [-0.15, -0.1) is 0 Å². The van der Waals surface area contributed by atoms with Crippen LogP contribution in [0.2, 0.25) is 0 Å². The van der Waals surface area contributed by atoms with Gasteiger partial charge in [-0.3, -0.25) is 14.1 Å². The van der Waals surface area contributed by atoms with Gasteiger partial charge in [0.2, 0.25) is 12.2 Å². The average molecular weight is 404 g/mol. The minimum absolute atomic E-state index is 0.334. The highest BCUT2D eigenvalue weighted by molar-refractivity contribution is 5.65. The van der Waals surface area contributed by atoms with Crippen LogP contribution in [0.4, 0.5) is 0 Å². The Morgan fingerprint density at radius 2 is 1.93 bits per heavy atom. The fraction of sp³-hybridized carbons (Fsp3) is 0.458. The summed E-state index contributed by atoms with van der Waals surface area (Å²) >= 11 is 0. The molecule has 1 aromatic carbocycles. The largest absolute Gasteiger partial charge is 0.338 e. The molecule has 0 N–H and O–H groups in total. The van der Waals surface area contributed by atoms with E-state index in [9.17, 15) is 4.79 Å². The zero-order valence-electron chi connectivity index (χ0n) is 17.7. The summed E-state index contributed by atoms with van der Waals surface area (Å²) in [5, 5.41) is 0. The molecule has 0 spiro atoms. The summed E-state index contributed by atoms with van der Waals surface area (Å²) in [6.45, 7) is 7.17. The predicted octanol–water partition coefficient (Wildman–Crippen LogP) is 3.71. The maximum atomic E-state index is 11.6. The Bertz CT molecular complexity index is 1040. The minimum Gasteiger partial charge on any atom is -0.338 e. The number of nitrogens with zero attached hydrogens (tertiary/aromatic N) is 5. The third-order valence-corrected chi connectivity index (χ3v) is 6.77. The lowest BCUT2D eigenvalue weighted by molar-refractivity contribution is -0.120. The zero-order chi connectivity index (χ0) is 20.7. The maximum Gasteiger partial charge on any atom is 0.234 e. The normalized spacial score (nSPS) is 22.0. The van der Waals surface area contributed by atoms with Gasteiger partial charge in [-0.2, -0.15) is 0 Å². The molecule has 30 heavy (non-hydrogen) atoms. The van der Waals surface area contributed by atoms with E-state index in [0.29, 0.717) is 18.0 Å². The van der Waals surface area contributed by atoms with E-state index < -0.39 is 0 Å². The van der Waals surface area contributed by atoms with E-state index in [1.165, 1.54) is 11.3 Å². The number of likely N-dealkylation sites (tertiary alicyclic amines) is 1. The number of amides is 1. The van der Waals surface area contributed by atoms with Crippen LogP contribution >= 0.6 is 0 Å². The van der Waals surface area contributed by atoms with Crippen LogP contribution in [-0.2, 0) is 11.3 Å². The number of carbonyl (C=O) groups excluding carboxylic acids is 1. The topological polar surface area (TPSA) is 53.7 Å².